The van der Waals surface area contributed by atoms with Crippen molar-refractivity contribution in [2.75, 3.05) is 26.3 Å². The van der Waals surface area contributed by atoms with Gasteiger partial charge in [-0.05, 0) is 53.6 Å². The van der Waals surface area contributed by atoms with Gasteiger partial charge in [0.05, 0.1) is 11.5 Å². The van der Waals surface area contributed by atoms with Crippen molar-refractivity contribution in [2.24, 2.45) is 5.92 Å². The summed E-state index contributed by atoms with van der Waals surface area (Å²) in [6.07, 6.45) is 12.2. The zero-order valence-electron chi connectivity index (χ0n) is 30.0. The van der Waals surface area contributed by atoms with Crippen LogP contribution in [-0.4, -0.2) is 64.1 Å². The smallest absolute Gasteiger partial charge is 0.262 e. The van der Waals surface area contributed by atoms with Crippen LogP contribution in [0.5, 0.6) is 5.75 Å². The summed E-state index contributed by atoms with van der Waals surface area (Å²) < 4.78 is 5.93. The highest BCUT2D eigenvalue weighted by Gasteiger charge is 2.32. The molecule has 50 heavy (non-hydrogen) atoms. The second kappa shape index (κ2) is 17.7. The molecule has 1 fully saturated rings. The van der Waals surface area contributed by atoms with E-state index in [0.29, 0.717) is 30.2 Å². The monoisotopic (exact) mass is 696 g/mol. The molecule has 0 radical (unpaired) electrons. The van der Waals surface area contributed by atoms with Crippen molar-refractivity contribution in [3.05, 3.63) is 88.4 Å². The van der Waals surface area contributed by atoms with Crippen molar-refractivity contribution < 1.29 is 19.4 Å². The molecule has 0 spiro atoms. The molecule has 1 aliphatic rings. The van der Waals surface area contributed by atoms with Crippen LogP contribution in [0.2, 0.25) is 0 Å². The molecule has 2 N–H and O–H groups in total. The van der Waals surface area contributed by atoms with Gasteiger partial charge in [0.2, 0.25) is 5.91 Å². The summed E-state index contributed by atoms with van der Waals surface area (Å²) in [7, 11) is 0. The maximum atomic E-state index is 13.7. The van der Waals surface area contributed by atoms with Crippen LogP contribution in [0.15, 0.2) is 73.1 Å². The molecule has 2 aromatic carbocycles. The second-order valence-electron chi connectivity index (χ2n) is 14.4. The summed E-state index contributed by atoms with van der Waals surface area (Å²) in [6.45, 7) is 10.5. The number of nitrogens with zero attached hydrogens (tertiary/aromatic N) is 3. The Bertz CT molecular complexity index is 1660. The van der Waals surface area contributed by atoms with Gasteiger partial charge in [-0.15, -0.1) is 11.3 Å². The van der Waals surface area contributed by atoms with Crippen LogP contribution in [0.25, 0.3) is 22.5 Å². The molecule has 4 aromatic rings. The van der Waals surface area contributed by atoms with Gasteiger partial charge in [-0.1, -0.05) is 96.2 Å². The van der Waals surface area contributed by atoms with Crippen LogP contribution in [0, 0.1) is 5.92 Å². The lowest BCUT2D eigenvalue weighted by atomic mass is 9.95. The number of carbonyl (C=O) groups excluding carboxylic acids is 2. The number of ether oxygens (including phenoxy) is 1. The van der Waals surface area contributed by atoms with E-state index in [1.165, 1.54) is 43.4 Å². The first-order chi connectivity index (χ1) is 24.1. The first-order valence-electron chi connectivity index (χ1n) is 18.1. The molecule has 2 atom stereocenters. The van der Waals surface area contributed by atoms with Crippen molar-refractivity contribution >= 4 is 23.2 Å². The van der Waals surface area contributed by atoms with Crippen LogP contribution in [0.1, 0.15) is 92.8 Å². The number of aliphatic hydroxyl groups excluding tert-OH is 1. The highest BCUT2D eigenvalue weighted by atomic mass is 32.1. The molecule has 5 rings (SSSR count). The molecular weight excluding hydrogens is 645 g/mol. The fourth-order valence-electron chi connectivity index (χ4n) is 6.16. The molecule has 0 aliphatic carbocycles. The molecule has 0 bridgehead atoms. The number of aliphatic hydroxyl groups is 1. The Balaban J connectivity index is 1.20. The topological polar surface area (TPSA) is 105 Å². The summed E-state index contributed by atoms with van der Waals surface area (Å²) in [4.78, 5) is 39.8. The van der Waals surface area contributed by atoms with E-state index in [1.54, 1.807) is 4.90 Å². The normalized spacial score (nSPS) is 15.2. The number of unbranched alkanes of at least 4 members (excludes halogenated alkanes) is 5. The van der Waals surface area contributed by atoms with Crippen molar-refractivity contribution in [3.8, 4) is 28.3 Å². The molecule has 0 saturated carbocycles. The second-order valence-corrected chi connectivity index (χ2v) is 15.5. The molecule has 266 valence electrons. The fourth-order valence-corrected chi connectivity index (χ4v) is 7.13. The molecule has 0 unspecified atom stereocenters. The van der Waals surface area contributed by atoms with Crippen LogP contribution in [0.3, 0.4) is 0 Å². The minimum absolute atomic E-state index is 0.0523. The summed E-state index contributed by atoms with van der Waals surface area (Å²) in [5.74, 6) is 1.18. The standard InChI is InChI=1S/C41H52N4O4S/c1-5-6-7-8-9-10-23-49-34-17-15-31(16-18-34)33-25-42-38(43-26-33)32-13-11-29(12-14-32)24-35(40(48)45-22-21-30(27-45)28-46)44-39(47)36-19-20-37(50-36)41(2,3)4/h11-20,25-26,30,35,46H,5-10,21-24,27-28H2,1-4H3,(H,44,47)/t30-,35-/m0/s1. The summed E-state index contributed by atoms with van der Waals surface area (Å²) >= 11 is 1.46. The number of rotatable bonds is 16. The average Bonchev–Trinajstić information content (AvgIpc) is 3.83. The van der Waals surface area contributed by atoms with Gasteiger partial charge in [0.1, 0.15) is 11.8 Å². The van der Waals surface area contributed by atoms with Crippen molar-refractivity contribution in [3.63, 3.8) is 0 Å². The van der Waals surface area contributed by atoms with Crippen LogP contribution >= 0.6 is 11.3 Å². The predicted molar refractivity (Wildman–Crippen MR) is 202 cm³/mol. The zero-order valence-corrected chi connectivity index (χ0v) is 30.8. The van der Waals surface area contributed by atoms with Crippen LogP contribution < -0.4 is 10.1 Å². The van der Waals surface area contributed by atoms with Gasteiger partial charge in [-0.3, -0.25) is 9.59 Å². The predicted octanol–water partition coefficient (Wildman–Crippen LogP) is 8.09. The molecule has 9 heteroatoms. The first-order valence-corrected chi connectivity index (χ1v) is 18.9. The third-order valence-electron chi connectivity index (χ3n) is 9.29. The molecule has 3 heterocycles. The van der Waals surface area contributed by atoms with Crippen molar-refractivity contribution in [1.82, 2.24) is 20.2 Å². The Morgan fingerprint density at radius 3 is 2.24 bits per heavy atom. The van der Waals surface area contributed by atoms with Crippen LogP contribution in [-0.2, 0) is 16.6 Å². The van der Waals surface area contributed by atoms with E-state index in [9.17, 15) is 14.7 Å². The molecular formula is C41H52N4O4S. The quantitative estimate of drug-likeness (QED) is 0.115. The Morgan fingerprint density at radius 2 is 1.60 bits per heavy atom. The largest absolute Gasteiger partial charge is 0.494 e. The molecule has 2 aromatic heterocycles. The summed E-state index contributed by atoms with van der Waals surface area (Å²) in [5, 5.41) is 12.7. The summed E-state index contributed by atoms with van der Waals surface area (Å²) in [6, 6.07) is 19.0. The Labute approximate surface area is 301 Å². The van der Waals surface area contributed by atoms with E-state index in [-0.39, 0.29) is 29.8 Å². The van der Waals surface area contributed by atoms with Crippen molar-refractivity contribution in [2.45, 2.75) is 90.5 Å². The van der Waals surface area contributed by atoms with Gasteiger partial charge in [-0.25, -0.2) is 9.97 Å². The van der Waals surface area contributed by atoms with E-state index < -0.39 is 6.04 Å². The zero-order chi connectivity index (χ0) is 35.5. The van der Waals surface area contributed by atoms with E-state index in [4.69, 9.17) is 4.74 Å². The number of hydrogen-bond acceptors (Lipinski definition) is 7. The van der Waals surface area contributed by atoms with E-state index in [2.05, 4.69) is 43.0 Å². The minimum Gasteiger partial charge on any atom is -0.494 e. The number of benzene rings is 2. The number of nitrogens with one attached hydrogen (secondary N) is 1. The molecule has 8 nitrogen and oxygen atoms in total. The van der Waals surface area contributed by atoms with Gasteiger partial charge in [0.25, 0.3) is 5.91 Å². The van der Waals surface area contributed by atoms with Gasteiger partial charge >= 0.3 is 0 Å². The Morgan fingerprint density at radius 1 is 0.920 bits per heavy atom. The van der Waals surface area contributed by atoms with Gasteiger partial charge < -0.3 is 20.1 Å². The lowest BCUT2D eigenvalue weighted by molar-refractivity contribution is -0.132. The van der Waals surface area contributed by atoms with E-state index >= 15 is 0 Å². The highest BCUT2D eigenvalue weighted by molar-refractivity contribution is 7.14. The number of hydrogen-bond donors (Lipinski definition) is 2. The SMILES string of the molecule is CCCCCCCCOc1ccc(-c2cnc(-c3ccc(C[C@H](NC(=O)c4ccc(C(C)(C)C)s4)C(=O)N4CC[C@H](CO)C4)cc3)nc2)cc1. The van der Waals surface area contributed by atoms with Gasteiger partial charge in [0, 0.05) is 60.4 Å². The highest BCUT2D eigenvalue weighted by Crippen LogP contribution is 2.30. The Hall–Kier alpha value is -4.08. The number of amides is 2. The number of thiophene rings is 1. The van der Waals surface area contributed by atoms with Gasteiger partial charge in [0.15, 0.2) is 5.82 Å². The maximum Gasteiger partial charge on any atom is 0.262 e. The molecule has 2 amide bonds. The first kappa shape index (κ1) is 37.2. The summed E-state index contributed by atoms with van der Waals surface area (Å²) in [5.41, 5.74) is 3.67. The molecule has 1 aliphatic heterocycles. The fraction of sp³-hybridized carbons (Fsp3) is 0.463. The average molecular weight is 697 g/mol. The number of aromatic nitrogens is 2. The minimum atomic E-state index is -0.728. The molecule has 1 saturated heterocycles. The third-order valence-corrected chi connectivity index (χ3v) is 10.8. The van der Waals surface area contributed by atoms with E-state index in [1.807, 2.05) is 73.1 Å². The maximum absolute atomic E-state index is 13.7. The lowest BCUT2D eigenvalue weighted by Gasteiger charge is -2.24. The van der Waals surface area contributed by atoms with Crippen LogP contribution in [0.4, 0.5) is 0 Å². The third kappa shape index (κ3) is 10.2. The number of carbonyl (C=O) groups is 2. The van der Waals surface area contributed by atoms with Crippen molar-refractivity contribution in [1.29, 1.82) is 0 Å². The van der Waals surface area contributed by atoms with Gasteiger partial charge in [-0.2, -0.15) is 0 Å². The Kier molecular flexibility index (Phi) is 13.2. The lowest BCUT2D eigenvalue weighted by Crippen LogP contribution is -2.49. The van der Waals surface area contributed by atoms with E-state index in [0.717, 1.165) is 52.3 Å². The number of likely N-dealkylation sites (tertiary alicyclic amines) is 1.